The van der Waals surface area contributed by atoms with E-state index in [0.717, 1.165) is 16.8 Å². The van der Waals surface area contributed by atoms with Gasteiger partial charge in [0.15, 0.2) is 5.65 Å². The number of amides is 1. The summed E-state index contributed by atoms with van der Waals surface area (Å²) < 4.78 is 6.20. The van der Waals surface area contributed by atoms with Crippen LogP contribution in [0.4, 0.5) is 4.79 Å². The minimum absolute atomic E-state index is 0.440. The largest absolute Gasteiger partial charge is 0.453 e. The van der Waals surface area contributed by atoms with Crippen molar-refractivity contribution in [3.05, 3.63) is 53.9 Å². The Morgan fingerprint density at radius 3 is 3.08 bits per heavy atom. The van der Waals surface area contributed by atoms with Gasteiger partial charge in [-0.15, -0.1) is 0 Å². The third-order valence-corrected chi connectivity index (χ3v) is 3.61. The lowest BCUT2D eigenvalue weighted by molar-refractivity contribution is 0.171. The first kappa shape index (κ1) is 15.5. The third kappa shape index (κ3) is 3.03. The summed E-state index contributed by atoms with van der Waals surface area (Å²) >= 11 is 0. The number of nitriles is 1. The van der Waals surface area contributed by atoms with Gasteiger partial charge in [-0.05, 0) is 24.1 Å². The van der Waals surface area contributed by atoms with Gasteiger partial charge in [-0.25, -0.2) is 14.3 Å². The maximum atomic E-state index is 11.1. The Hall–Kier alpha value is -3.40. The lowest BCUT2D eigenvalue weighted by Gasteiger charge is -2.08. The highest BCUT2D eigenvalue weighted by Gasteiger charge is 2.10. The van der Waals surface area contributed by atoms with E-state index in [2.05, 4.69) is 26.2 Å². The number of benzene rings is 1. The number of hydrogen-bond donors (Lipinski definition) is 1. The minimum atomic E-state index is -0.442. The van der Waals surface area contributed by atoms with Crippen molar-refractivity contribution in [1.82, 2.24) is 19.9 Å². The van der Waals surface area contributed by atoms with Crippen LogP contribution in [-0.4, -0.2) is 34.3 Å². The van der Waals surface area contributed by atoms with E-state index in [9.17, 15) is 4.79 Å². The maximum Gasteiger partial charge on any atom is 0.406 e. The number of carbonyl (C=O) groups is 1. The molecular weight excluding hydrogens is 306 g/mol. The molecule has 0 unspecified atom stereocenters. The van der Waals surface area contributed by atoms with E-state index in [-0.39, 0.29) is 0 Å². The van der Waals surface area contributed by atoms with Crippen LogP contribution in [0.5, 0.6) is 0 Å². The number of carbonyl (C=O) groups excluding carboxylic acids is 1. The van der Waals surface area contributed by atoms with Crippen molar-refractivity contribution in [2.75, 3.05) is 13.7 Å². The fraction of sp³-hybridized carbons (Fsp3) is 0.176. The van der Waals surface area contributed by atoms with E-state index in [1.165, 1.54) is 13.3 Å². The van der Waals surface area contributed by atoms with Crippen LogP contribution in [0.1, 0.15) is 11.1 Å². The second kappa shape index (κ2) is 6.79. The second-order valence-electron chi connectivity index (χ2n) is 5.10. The fourth-order valence-corrected chi connectivity index (χ4v) is 2.46. The number of methoxy groups -OCH3 is 1. The highest BCUT2D eigenvalue weighted by molar-refractivity contribution is 5.67. The molecule has 7 heteroatoms. The van der Waals surface area contributed by atoms with Crippen LogP contribution in [0.15, 0.2) is 42.7 Å². The Balaban J connectivity index is 1.88. The van der Waals surface area contributed by atoms with Crippen molar-refractivity contribution in [3.8, 4) is 17.3 Å². The van der Waals surface area contributed by atoms with Crippen molar-refractivity contribution in [2.24, 2.45) is 0 Å². The molecule has 1 aromatic carbocycles. The molecule has 0 bridgehead atoms. The summed E-state index contributed by atoms with van der Waals surface area (Å²) in [4.78, 5) is 15.3. The molecule has 1 N–H and O–H groups in total. The van der Waals surface area contributed by atoms with Gasteiger partial charge in [-0.1, -0.05) is 18.2 Å². The predicted molar refractivity (Wildman–Crippen MR) is 87.2 cm³/mol. The van der Waals surface area contributed by atoms with Crippen LogP contribution in [-0.2, 0) is 11.2 Å². The van der Waals surface area contributed by atoms with Crippen LogP contribution in [0, 0.1) is 11.3 Å². The van der Waals surface area contributed by atoms with Gasteiger partial charge in [0.25, 0.3) is 0 Å². The number of rotatable bonds is 4. The average molecular weight is 321 g/mol. The fourth-order valence-electron chi connectivity index (χ4n) is 2.46. The maximum absolute atomic E-state index is 11.1. The van der Waals surface area contributed by atoms with Crippen molar-refractivity contribution in [3.63, 3.8) is 0 Å². The molecule has 3 rings (SSSR count). The van der Waals surface area contributed by atoms with Gasteiger partial charge < -0.3 is 10.1 Å². The Morgan fingerprint density at radius 2 is 2.29 bits per heavy atom. The first-order valence-electron chi connectivity index (χ1n) is 7.37. The Kier molecular flexibility index (Phi) is 4.38. The number of alkyl carbamates (subject to hydrolysis) is 1. The number of ether oxygens (including phenoxy) is 1. The van der Waals surface area contributed by atoms with Crippen LogP contribution >= 0.6 is 0 Å². The standard InChI is InChI=1S/C17H15N5O2/c1-24-17(23)20-7-5-12-3-2-4-13(9-12)15-6-8-19-16-14(10-18)11-21-22(15)16/h2-4,6,8-9,11H,5,7H2,1H3,(H,20,23). The van der Waals surface area contributed by atoms with Crippen molar-refractivity contribution in [2.45, 2.75) is 6.42 Å². The average Bonchev–Trinajstić information content (AvgIpc) is 3.05. The Labute approximate surface area is 138 Å². The van der Waals surface area contributed by atoms with Gasteiger partial charge in [0.05, 0.1) is 19.0 Å². The van der Waals surface area contributed by atoms with E-state index >= 15 is 0 Å². The summed E-state index contributed by atoms with van der Waals surface area (Å²) in [5.74, 6) is 0. The zero-order valence-electron chi connectivity index (χ0n) is 13.1. The molecule has 0 aliphatic heterocycles. The smallest absolute Gasteiger partial charge is 0.406 e. The van der Waals surface area contributed by atoms with Crippen molar-refractivity contribution >= 4 is 11.7 Å². The van der Waals surface area contributed by atoms with Gasteiger partial charge >= 0.3 is 6.09 Å². The van der Waals surface area contributed by atoms with E-state index in [1.807, 2.05) is 30.3 Å². The van der Waals surface area contributed by atoms with Gasteiger partial charge in [0.1, 0.15) is 11.6 Å². The minimum Gasteiger partial charge on any atom is -0.453 e. The lowest BCUT2D eigenvalue weighted by atomic mass is 10.1. The molecule has 0 spiro atoms. The molecule has 0 fully saturated rings. The normalized spacial score (nSPS) is 10.3. The Bertz CT molecular complexity index is 926. The molecule has 3 aromatic rings. The highest BCUT2D eigenvalue weighted by atomic mass is 16.5. The molecule has 0 aliphatic carbocycles. The first-order chi connectivity index (χ1) is 11.7. The second-order valence-corrected chi connectivity index (χ2v) is 5.10. The number of fused-ring (bicyclic) bond motifs is 1. The number of nitrogens with zero attached hydrogens (tertiary/aromatic N) is 4. The van der Waals surface area contributed by atoms with Gasteiger partial charge in [-0.3, -0.25) is 0 Å². The van der Waals surface area contributed by atoms with Crippen LogP contribution < -0.4 is 5.32 Å². The molecule has 1 amide bonds. The number of aromatic nitrogens is 3. The topological polar surface area (TPSA) is 92.3 Å². The third-order valence-electron chi connectivity index (χ3n) is 3.61. The summed E-state index contributed by atoms with van der Waals surface area (Å²) in [5, 5.41) is 16.0. The number of nitrogens with one attached hydrogen (secondary N) is 1. The van der Waals surface area contributed by atoms with Crippen LogP contribution in [0.25, 0.3) is 16.9 Å². The molecule has 0 saturated carbocycles. The molecule has 0 aliphatic rings. The van der Waals surface area contributed by atoms with E-state index in [4.69, 9.17) is 5.26 Å². The summed E-state index contributed by atoms with van der Waals surface area (Å²) in [7, 11) is 1.34. The van der Waals surface area contributed by atoms with Gasteiger partial charge in [0.2, 0.25) is 0 Å². The lowest BCUT2D eigenvalue weighted by Crippen LogP contribution is -2.25. The molecule has 7 nitrogen and oxygen atoms in total. The molecule has 0 atom stereocenters. The molecule has 120 valence electrons. The summed E-state index contributed by atoms with van der Waals surface area (Å²) in [5.41, 5.74) is 3.86. The van der Waals surface area contributed by atoms with Crippen LogP contribution in [0.3, 0.4) is 0 Å². The molecule has 2 heterocycles. The van der Waals surface area contributed by atoms with E-state index in [0.29, 0.717) is 24.2 Å². The monoisotopic (exact) mass is 321 g/mol. The number of hydrogen-bond acceptors (Lipinski definition) is 5. The zero-order valence-corrected chi connectivity index (χ0v) is 13.1. The van der Waals surface area contributed by atoms with Crippen molar-refractivity contribution in [1.29, 1.82) is 5.26 Å². The SMILES string of the molecule is COC(=O)NCCc1cccc(-c2ccnc3c(C#N)cnn23)c1. The van der Waals surface area contributed by atoms with E-state index < -0.39 is 6.09 Å². The molecule has 2 aromatic heterocycles. The van der Waals surface area contributed by atoms with Crippen molar-refractivity contribution < 1.29 is 9.53 Å². The first-order valence-corrected chi connectivity index (χ1v) is 7.37. The Morgan fingerprint density at radius 1 is 1.42 bits per heavy atom. The summed E-state index contributed by atoms with van der Waals surface area (Å²) in [6.45, 7) is 0.488. The zero-order chi connectivity index (χ0) is 16.9. The molecule has 0 saturated heterocycles. The van der Waals surface area contributed by atoms with Gasteiger partial charge in [0, 0.05) is 18.3 Å². The highest BCUT2D eigenvalue weighted by Crippen LogP contribution is 2.22. The molecule has 0 radical (unpaired) electrons. The van der Waals surface area contributed by atoms with Gasteiger partial charge in [-0.2, -0.15) is 10.4 Å². The predicted octanol–water partition coefficient (Wildman–Crippen LogP) is 2.17. The summed E-state index contributed by atoms with van der Waals surface area (Å²) in [6, 6.07) is 11.9. The quantitative estimate of drug-likeness (QED) is 0.795. The molecular formula is C17H15N5O2. The summed E-state index contributed by atoms with van der Waals surface area (Å²) in [6.07, 6.45) is 3.41. The molecule has 24 heavy (non-hydrogen) atoms. The van der Waals surface area contributed by atoms with Crippen LogP contribution in [0.2, 0.25) is 0 Å². The van der Waals surface area contributed by atoms with E-state index in [1.54, 1.807) is 10.7 Å².